The molecule has 2 heteroatoms. The van der Waals surface area contributed by atoms with Gasteiger partial charge in [-0.2, -0.15) is 0 Å². The molecule has 1 aliphatic heterocycles. The quantitative estimate of drug-likeness (QED) is 0.819. The Labute approximate surface area is 98.7 Å². The van der Waals surface area contributed by atoms with Crippen LogP contribution >= 0.6 is 0 Å². The van der Waals surface area contributed by atoms with E-state index < -0.39 is 0 Å². The molecule has 16 heavy (non-hydrogen) atoms. The normalized spacial score (nSPS) is 27.2. The molecule has 0 radical (unpaired) electrons. The van der Waals surface area contributed by atoms with Crippen molar-refractivity contribution in [3.8, 4) is 0 Å². The predicted octanol–water partition coefficient (Wildman–Crippen LogP) is 2.22. The zero-order valence-electron chi connectivity index (χ0n) is 10.5. The third-order valence-corrected chi connectivity index (χ3v) is 3.65. The lowest BCUT2D eigenvalue weighted by atomic mass is 9.87. The van der Waals surface area contributed by atoms with Crippen molar-refractivity contribution in [2.75, 3.05) is 19.6 Å². The van der Waals surface area contributed by atoms with Gasteiger partial charge in [0.15, 0.2) is 0 Å². The summed E-state index contributed by atoms with van der Waals surface area (Å²) in [4.78, 5) is 2.60. The third-order valence-electron chi connectivity index (χ3n) is 3.65. The number of piperazine rings is 1. The van der Waals surface area contributed by atoms with E-state index in [1.165, 1.54) is 5.56 Å². The van der Waals surface area contributed by atoms with E-state index in [4.69, 9.17) is 0 Å². The van der Waals surface area contributed by atoms with Crippen LogP contribution in [-0.2, 0) is 5.54 Å². The van der Waals surface area contributed by atoms with E-state index in [2.05, 4.69) is 61.3 Å². The molecule has 0 aliphatic carbocycles. The number of hydrogen-bond acceptors (Lipinski definition) is 2. The Hall–Kier alpha value is -0.860. The third kappa shape index (κ3) is 2.00. The molecule has 1 N–H and O–H groups in total. The average Bonchev–Trinajstić information content (AvgIpc) is 2.30. The van der Waals surface area contributed by atoms with Gasteiger partial charge in [-0.05, 0) is 26.3 Å². The van der Waals surface area contributed by atoms with Crippen LogP contribution in [0.2, 0.25) is 0 Å². The van der Waals surface area contributed by atoms with Crippen molar-refractivity contribution >= 4 is 0 Å². The van der Waals surface area contributed by atoms with Crippen LogP contribution in [0, 0.1) is 0 Å². The van der Waals surface area contributed by atoms with Crippen molar-refractivity contribution in [1.29, 1.82) is 0 Å². The minimum absolute atomic E-state index is 0.133. The van der Waals surface area contributed by atoms with E-state index in [1.807, 2.05) is 0 Å². The highest BCUT2D eigenvalue weighted by Crippen LogP contribution is 2.30. The summed E-state index contributed by atoms with van der Waals surface area (Å²) in [5, 5.41) is 3.52. The molecule has 1 aliphatic rings. The van der Waals surface area contributed by atoms with E-state index in [0.29, 0.717) is 6.04 Å². The molecular weight excluding hydrogens is 196 g/mol. The Morgan fingerprint density at radius 1 is 1.25 bits per heavy atom. The number of nitrogens with zero attached hydrogens (tertiary/aromatic N) is 1. The maximum absolute atomic E-state index is 3.52. The highest BCUT2D eigenvalue weighted by Gasteiger charge is 2.36. The standard InChI is InChI=1S/C14H22N2/c1-12(2)16-10-9-15-11-14(16,3)13-7-5-4-6-8-13/h4-8,12,15H,9-11H2,1-3H3. The Balaban J connectivity index is 2.33. The van der Waals surface area contributed by atoms with Crippen molar-refractivity contribution in [2.45, 2.75) is 32.4 Å². The summed E-state index contributed by atoms with van der Waals surface area (Å²) in [6.07, 6.45) is 0. The summed E-state index contributed by atoms with van der Waals surface area (Å²) >= 11 is 0. The van der Waals surface area contributed by atoms with Crippen molar-refractivity contribution in [3.63, 3.8) is 0 Å². The van der Waals surface area contributed by atoms with Crippen molar-refractivity contribution < 1.29 is 0 Å². The smallest absolute Gasteiger partial charge is 0.0560 e. The number of hydrogen-bond donors (Lipinski definition) is 1. The fourth-order valence-corrected chi connectivity index (χ4v) is 2.77. The molecule has 1 aromatic carbocycles. The Morgan fingerprint density at radius 2 is 1.94 bits per heavy atom. The summed E-state index contributed by atoms with van der Waals surface area (Å²) in [7, 11) is 0. The van der Waals surface area contributed by atoms with E-state index in [-0.39, 0.29) is 5.54 Å². The van der Waals surface area contributed by atoms with Gasteiger partial charge in [0.2, 0.25) is 0 Å². The van der Waals surface area contributed by atoms with Crippen LogP contribution in [0.4, 0.5) is 0 Å². The second-order valence-electron chi connectivity index (χ2n) is 5.10. The Morgan fingerprint density at radius 3 is 2.56 bits per heavy atom. The zero-order valence-corrected chi connectivity index (χ0v) is 10.5. The van der Waals surface area contributed by atoms with Crippen molar-refractivity contribution in [2.24, 2.45) is 0 Å². The first-order chi connectivity index (χ1) is 7.64. The highest BCUT2D eigenvalue weighted by atomic mass is 15.3. The molecule has 1 atom stereocenters. The summed E-state index contributed by atoms with van der Waals surface area (Å²) in [5.74, 6) is 0. The molecule has 88 valence electrons. The predicted molar refractivity (Wildman–Crippen MR) is 68.5 cm³/mol. The summed E-state index contributed by atoms with van der Waals surface area (Å²) in [6, 6.07) is 11.4. The molecule has 0 saturated carbocycles. The van der Waals surface area contributed by atoms with Gasteiger partial charge in [-0.15, -0.1) is 0 Å². The Kier molecular flexibility index (Phi) is 3.31. The van der Waals surface area contributed by atoms with Gasteiger partial charge >= 0.3 is 0 Å². The van der Waals surface area contributed by atoms with Crippen molar-refractivity contribution in [3.05, 3.63) is 35.9 Å². The molecule has 2 rings (SSSR count). The lowest BCUT2D eigenvalue weighted by Crippen LogP contribution is -2.59. The van der Waals surface area contributed by atoms with E-state index in [9.17, 15) is 0 Å². The van der Waals surface area contributed by atoms with Gasteiger partial charge in [0.25, 0.3) is 0 Å². The van der Waals surface area contributed by atoms with Gasteiger partial charge in [-0.3, -0.25) is 4.90 Å². The molecular formula is C14H22N2. The Bertz CT molecular complexity index is 334. The van der Waals surface area contributed by atoms with Gasteiger partial charge in [0.1, 0.15) is 0 Å². The topological polar surface area (TPSA) is 15.3 Å². The molecule has 2 nitrogen and oxygen atoms in total. The SMILES string of the molecule is CC(C)N1CCNCC1(C)c1ccccc1. The lowest BCUT2D eigenvalue weighted by molar-refractivity contribution is 0.0427. The van der Waals surface area contributed by atoms with Crippen LogP contribution in [0.25, 0.3) is 0 Å². The minimum Gasteiger partial charge on any atom is -0.313 e. The monoisotopic (exact) mass is 218 g/mol. The van der Waals surface area contributed by atoms with Crippen LogP contribution < -0.4 is 5.32 Å². The molecule has 0 amide bonds. The van der Waals surface area contributed by atoms with Crippen LogP contribution in [0.5, 0.6) is 0 Å². The molecule has 0 spiro atoms. The van der Waals surface area contributed by atoms with Crippen LogP contribution in [-0.4, -0.2) is 30.6 Å². The maximum atomic E-state index is 3.52. The minimum atomic E-state index is 0.133. The van der Waals surface area contributed by atoms with E-state index in [0.717, 1.165) is 19.6 Å². The van der Waals surface area contributed by atoms with E-state index >= 15 is 0 Å². The molecule has 1 fully saturated rings. The first-order valence-electron chi connectivity index (χ1n) is 6.17. The fraction of sp³-hybridized carbons (Fsp3) is 0.571. The largest absolute Gasteiger partial charge is 0.313 e. The number of benzene rings is 1. The second-order valence-corrected chi connectivity index (χ2v) is 5.10. The van der Waals surface area contributed by atoms with Crippen LogP contribution in [0.15, 0.2) is 30.3 Å². The second kappa shape index (κ2) is 4.56. The van der Waals surface area contributed by atoms with Crippen molar-refractivity contribution in [1.82, 2.24) is 10.2 Å². The summed E-state index contributed by atoms with van der Waals surface area (Å²) in [5.41, 5.74) is 1.55. The lowest BCUT2D eigenvalue weighted by Gasteiger charge is -2.48. The van der Waals surface area contributed by atoms with Crippen LogP contribution in [0.3, 0.4) is 0 Å². The number of nitrogens with one attached hydrogen (secondary N) is 1. The first-order valence-corrected chi connectivity index (χ1v) is 6.17. The molecule has 1 aromatic rings. The van der Waals surface area contributed by atoms with Crippen LogP contribution in [0.1, 0.15) is 26.3 Å². The average molecular weight is 218 g/mol. The summed E-state index contributed by atoms with van der Waals surface area (Å²) < 4.78 is 0. The molecule has 0 bridgehead atoms. The fourth-order valence-electron chi connectivity index (χ4n) is 2.77. The highest BCUT2D eigenvalue weighted by molar-refractivity contribution is 5.25. The molecule has 0 aromatic heterocycles. The van der Waals surface area contributed by atoms with Gasteiger partial charge in [-0.25, -0.2) is 0 Å². The van der Waals surface area contributed by atoms with Gasteiger partial charge in [0, 0.05) is 25.7 Å². The summed E-state index contributed by atoms with van der Waals surface area (Å²) in [6.45, 7) is 10.2. The van der Waals surface area contributed by atoms with Gasteiger partial charge in [-0.1, -0.05) is 30.3 Å². The van der Waals surface area contributed by atoms with Gasteiger partial charge in [0.05, 0.1) is 5.54 Å². The number of rotatable bonds is 2. The maximum Gasteiger partial charge on any atom is 0.0560 e. The molecule has 1 heterocycles. The zero-order chi connectivity index (χ0) is 11.6. The molecule has 1 unspecified atom stereocenters. The first kappa shape index (κ1) is 11.6. The van der Waals surface area contributed by atoms with E-state index in [1.54, 1.807) is 0 Å². The molecule has 1 saturated heterocycles. The van der Waals surface area contributed by atoms with Gasteiger partial charge < -0.3 is 5.32 Å².